The topological polar surface area (TPSA) is 76.4 Å². The molecular formula is C20H28N4O2. The van der Waals surface area contributed by atoms with E-state index in [1.165, 1.54) is 0 Å². The number of nitrogens with one attached hydrogen (secondary N) is 1. The number of carbonyl (C=O) groups excluding carboxylic acids is 2. The molecule has 2 rings (SSSR count). The number of nitriles is 1. The van der Waals surface area contributed by atoms with Gasteiger partial charge < -0.3 is 10.2 Å². The van der Waals surface area contributed by atoms with Crippen LogP contribution < -0.4 is 5.32 Å². The highest BCUT2D eigenvalue weighted by Gasteiger charge is 2.22. The minimum atomic E-state index is 0.0555. The van der Waals surface area contributed by atoms with Crippen molar-refractivity contribution in [1.82, 2.24) is 15.1 Å². The van der Waals surface area contributed by atoms with Crippen molar-refractivity contribution < 1.29 is 9.59 Å². The molecule has 1 aromatic carbocycles. The number of aryl methyl sites for hydroxylation is 1. The van der Waals surface area contributed by atoms with E-state index in [0.29, 0.717) is 38.0 Å². The normalized spacial score (nSPS) is 16.0. The molecule has 1 unspecified atom stereocenters. The Morgan fingerprint density at radius 1 is 1.19 bits per heavy atom. The van der Waals surface area contributed by atoms with Crippen LogP contribution in [0.3, 0.4) is 0 Å². The highest BCUT2D eigenvalue weighted by atomic mass is 16.2. The van der Waals surface area contributed by atoms with Crippen molar-refractivity contribution in [3.8, 4) is 6.07 Å². The maximum Gasteiger partial charge on any atom is 0.234 e. The lowest BCUT2D eigenvalue weighted by atomic mass is 10.1. The van der Waals surface area contributed by atoms with Crippen molar-refractivity contribution in [1.29, 1.82) is 5.26 Å². The Hall–Kier alpha value is -2.39. The summed E-state index contributed by atoms with van der Waals surface area (Å²) in [6.07, 6.45) is 2.08. The van der Waals surface area contributed by atoms with E-state index in [0.717, 1.165) is 25.1 Å². The van der Waals surface area contributed by atoms with Gasteiger partial charge in [-0.3, -0.25) is 14.5 Å². The summed E-state index contributed by atoms with van der Waals surface area (Å²) in [5.74, 6) is 0.206. The average Bonchev–Trinajstić information content (AvgIpc) is 2.66. The second kappa shape index (κ2) is 9.93. The van der Waals surface area contributed by atoms with Crippen LogP contribution in [0.15, 0.2) is 24.3 Å². The Bertz CT molecular complexity index is 643. The Balaban J connectivity index is 1.70. The number of piperazine rings is 1. The van der Waals surface area contributed by atoms with Gasteiger partial charge in [-0.25, -0.2) is 0 Å². The van der Waals surface area contributed by atoms with Crippen LogP contribution in [0.25, 0.3) is 0 Å². The van der Waals surface area contributed by atoms with E-state index in [1.807, 2.05) is 30.9 Å². The lowest BCUT2D eigenvalue weighted by molar-refractivity contribution is -0.133. The minimum Gasteiger partial charge on any atom is -0.353 e. The van der Waals surface area contributed by atoms with Gasteiger partial charge in [-0.15, -0.1) is 0 Å². The van der Waals surface area contributed by atoms with Gasteiger partial charge in [0.1, 0.15) is 0 Å². The maximum absolute atomic E-state index is 12.4. The lowest BCUT2D eigenvalue weighted by Crippen LogP contribution is -2.51. The molecule has 1 saturated heterocycles. The molecule has 6 nitrogen and oxygen atoms in total. The number of benzene rings is 1. The summed E-state index contributed by atoms with van der Waals surface area (Å²) >= 11 is 0. The monoisotopic (exact) mass is 356 g/mol. The fourth-order valence-electron chi connectivity index (χ4n) is 2.94. The summed E-state index contributed by atoms with van der Waals surface area (Å²) in [6, 6.07) is 9.66. The average molecular weight is 356 g/mol. The van der Waals surface area contributed by atoms with Gasteiger partial charge in [0.2, 0.25) is 11.8 Å². The minimum absolute atomic E-state index is 0.0555. The second-order valence-corrected chi connectivity index (χ2v) is 6.84. The SMILES string of the molecule is CCC(C)NC(=O)CN1CCN(C(=O)CCc2ccc(C#N)cc2)CC1. The molecule has 2 amide bonds. The van der Waals surface area contributed by atoms with Gasteiger partial charge in [-0.2, -0.15) is 5.26 Å². The van der Waals surface area contributed by atoms with Crippen molar-refractivity contribution in [2.75, 3.05) is 32.7 Å². The van der Waals surface area contributed by atoms with Gasteiger partial charge in [0, 0.05) is 38.6 Å². The summed E-state index contributed by atoms with van der Waals surface area (Å²) < 4.78 is 0. The molecule has 0 bridgehead atoms. The van der Waals surface area contributed by atoms with Crippen molar-refractivity contribution >= 4 is 11.8 Å². The van der Waals surface area contributed by atoms with Crippen LogP contribution in [0, 0.1) is 11.3 Å². The largest absolute Gasteiger partial charge is 0.353 e. The first-order valence-electron chi connectivity index (χ1n) is 9.30. The molecule has 1 aromatic rings. The second-order valence-electron chi connectivity index (χ2n) is 6.84. The number of hydrogen-bond donors (Lipinski definition) is 1. The quantitative estimate of drug-likeness (QED) is 0.804. The first-order valence-corrected chi connectivity index (χ1v) is 9.30. The van der Waals surface area contributed by atoms with Crippen LogP contribution >= 0.6 is 0 Å². The Morgan fingerprint density at radius 2 is 1.85 bits per heavy atom. The van der Waals surface area contributed by atoms with E-state index in [4.69, 9.17) is 5.26 Å². The third kappa shape index (κ3) is 6.16. The molecule has 0 radical (unpaired) electrons. The van der Waals surface area contributed by atoms with Crippen molar-refractivity contribution in [2.45, 2.75) is 39.2 Å². The van der Waals surface area contributed by atoms with E-state index in [-0.39, 0.29) is 17.9 Å². The lowest BCUT2D eigenvalue weighted by Gasteiger charge is -2.34. The molecule has 0 aliphatic carbocycles. The Morgan fingerprint density at radius 3 is 2.42 bits per heavy atom. The predicted molar refractivity (Wildman–Crippen MR) is 100 cm³/mol. The van der Waals surface area contributed by atoms with Crippen LogP contribution in [-0.2, 0) is 16.0 Å². The first kappa shape index (κ1) is 19.9. The van der Waals surface area contributed by atoms with E-state index in [9.17, 15) is 9.59 Å². The van der Waals surface area contributed by atoms with Crippen LogP contribution in [0.5, 0.6) is 0 Å². The number of carbonyl (C=O) groups is 2. The van der Waals surface area contributed by atoms with Gasteiger partial charge >= 0.3 is 0 Å². The standard InChI is InChI=1S/C20H28N4O2/c1-3-16(2)22-19(25)15-23-10-12-24(13-11-23)20(26)9-8-17-4-6-18(14-21)7-5-17/h4-7,16H,3,8-13,15H2,1-2H3,(H,22,25). The van der Waals surface area contributed by atoms with Gasteiger partial charge in [0.15, 0.2) is 0 Å². The van der Waals surface area contributed by atoms with E-state index in [1.54, 1.807) is 12.1 Å². The third-order valence-electron chi connectivity index (χ3n) is 4.82. The fraction of sp³-hybridized carbons (Fsp3) is 0.550. The Labute approximate surface area is 155 Å². The molecule has 0 spiro atoms. The van der Waals surface area contributed by atoms with Crippen LogP contribution in [0.2, 0.25) is 0 Å². The number of amides is 2. The Kier molecular flexibility index (Phi) is 7.61. The molecule has 6 heteroatoms. The summed E-state index contributed by atoms with van der Waals surface area (Å²) in [5.41, 5.74) is 1.70. The van der Waals surface area contributed by atoms with Gasteiger partial charge in [-0.1, -0.05) is 19.1 Å². The molecule has 140 valence electrons. The highest BCUT2D eigenvalue weighted by Crippen LogP contribution is 2.09. The van der Waals surface area contributed by atoms with Crippen LogP contribution in [-0.4, -0.2) is 60.4 Å². The molecule has 1 atom stereocenters. The van der Waals surface area contributed by atoms with E-state index in [2.05, 4.69) is 16.3 Å². The van der Waals surface area contributed by atoms with Gasteiger partial charge in [-0.05, 0) is 37.5 Å². The smallest absolute Gasteiger partial charge is 0.234 e. The van der Waals surface area contributed by atoms with Crippen LogP contribution in [0.4, 0.5) is 0 Å². The zero-order valence-electron chi connectivity index (χ0n) is 15.7. The van der Waals surface area contributed by atoms with Crippen molar-refractivity contribution in [3.63, 3.8) is 0 Å². The summed E-state index contributed by atoms with van der Waals surface area (Å²) in [6.45, 7) is 7.26. The van der Waals surface area contributed by atoms with Gasteiger partial charge in [0.25, 0.3) is 0 Å². The molecule has 1 aliphatic rings. The first-order chi connectivity index (χ1) is 12.5. The molecule has 1 N–H and O–H groups in total. The molecule has 1 fully saturated rings. The molecular weight excluding hydrogens is 328 g/mol. The molecule has 0 aromatic heterocycles. The van der Waals surface area contributed by atoms with Gasteiger partial charge in [0.05, 0.1) is 18.2 Å². The maximum atomic E-state index is 12.4. The fourth-order valence-corrected chi connectivity index (χ4v) is 2.94. The summed E-state index contributed by atoms with van der Waals surface area (Å²) in [5, 5.41) is 11.8. The molecule has 0 saturated carbocycles. The van der Waals surface area contributed by atoms with Crippen LogP contribution in [0.1, 0.15) is 37.8 Å². The highest BCUT2D eigenvalue weighted by molar-refractivity contribution is 5.78. The molecule has 1 aliphatic heterocycles. The molecule has 1 heterocycles. The summed E-state index contributed by atoms with van der Waals surface area (Å²) in [4.78, 5) is 28.3. The number of hydrogen-bond acceptors (Lipinski definition) is 4. The van der Waals surface area contributed by atoms with E-state index < -0.39 is 0 Å². The summed E-state index contributed by atoms with van der Waals surface area (Å²) in [7, 11) is 0. The molecule has 26 heavy (non-hydrogen) atoms. The van der Waals surface area contributed by atoms with E-state index >= 15 is 0 Å². The predicted octanol–water partition coefficient (Wildman–Crippen LogP) is 1.55. The van der Waals surface area contributed by atoms with Crippen molar-refractivity contribution in [3.05, 3.63) is 35.4 Å². The number of rotatable bonds is 7. The van der Waals surface area contributed by atoms with Crippen molar-refractivity contribution in [2.24, 2.45) is 0 Å². The number of nitrogens with zero attached hydrogens (tertiary/aromatic N) is 3. The third-order valence-corrected chi connectivity index (χ3v) is 4.82. The zero-order valence-corrected chi connectivity index (χ0v) is 15.7. The zero-order chi connectivity index (χ0) is 18.9.